The SMILES string of the molecule is CCCCC1=Cc2c(ccc(CCC)c2-c2cc(C(C)C)cc(C(C)C)c2)[CH]1[Zr]([Cl])([Cl])([c]1cccc2c1[SiH2]c1ccccc1-2)[CH]1C(CCCC)=Cc2c1ccc(CCC)c2-c1cc(C(C)C)cc(C(C)C)c1. The maximum absolute atomic E-state index is 9.74. The molecule has 9 rings (SSSR count). The first-order valence-electron chi connectivity index (χ1n) is 28.3. The van der Waals surface area contributed by atoms with Gasteiger partial charge in [0.1, 0.15) is 0 Å². The Labute approximate surface area is 446 Å². The van der Waals surface area contributed by atoms with Crippen LogP contribution in [0.2, 0.25) is 0 Å². The third-order valence-corrected chi connectivity index (χ3v) is 39.8. The second-order valence-electron chi connectivity index (χ2n) is 23.4. The molecular weight excluding hydrogens is 1010 g/mol. The van der Waals surface area contributed by atoms with Crippen molar-refractivity contribution in [2.75, 3.05) is 0 Å². The van der Waals surface area contributed by atoms with Gasteiger partial charge in [-0.3, -0.25) is 0 Å². The molecule has 377 valence electrons. The molecule has 6 aromatic rings. The van der Waals surface area contributed by atoms with Crippen LogP contribution in [0.3, 0.4) is 0 Å². The van der Waals surface area contributed by atoms with E-state index in [-0.39, 0.29) is 7.25 Å². The summed E-state index contributed by atoms with van der Waals surface area (Å²) in [6.45, 7) is 28.2. The van der Waals surface area contributed by atoms with Crippen molar-refractivity contribution >= 4 is 52.3 Å². The number of allylic oxidation sites excluding steroid dienone is 2. The van der Waals surface area contributed by atoms with Crippen LogP contribution in [0.25, 0.3) is 45.5 Å². The Morgan fingerprint density at radius 3 is 1.32 bits per heavy atom. The minimum absolute atomic E-state index is 0.0932. The van der Waals surface area contributed by atoms with Gasteiger partial charge in [0.2, 0.25) is 0 Å². The topological polar surface area (TPSA) is 0 Å². The molecule has 0 amide bonds. The van der Waals surface area contributed by atoms with Crippen molar-refractivity contribution in [2.45, 2.75) is 178 Å². The fraction of sp³-hybridized carbons (Fsp3) is 0.412. The van der Waals surface area contributed by atoms with Crippen molar-refractivity contribution in [1.82, 2.24) is 0 Å². The first-order valence-corrected chi connectivity index (χ1v) is 40.2. The number of hydrogen-bond acceptors (Lipinski definition) is 0. The van der Waals surface area contributed by atoms with Crippen molar-refractivity contribution in [3.63, 3.8) is 0 Å². The molecule has 1 aliphatic heterocycles. The van der Waals surface area contributed by atoms with Crippen molar-refractivity contribution in [1.29, 1.82) is 0 Å². The summed E-state index contributed by atoms with van der Waals surface area (Å²) >= 11 is -5.81. The van der Waals surface area contributed by atoms with Crippen LogP contribution in [-0.2, 0) is 29.2 Å². The number of halogens is 2. The first kappa shape index (κ1) is 53.3. The third-order valence-electron chi connectivity index (χ3n) is 17.1. The van der Waals surface area contributed by atoms with Gasteiger partial charge in [-0.1, -0.05) is 0 Å². The molecule has 2 atom stereocenters. The van der Waals surface area contributed by atoms with Gasteiger partial charge in [-0.2, -0.15) is 0 Å². The summed E-state index contributed by atoms with van der Waals surface area (Å²) in [6.07, 6.45) is 16.0. The molecule has 0 aromatic heterocycles. The second kappa shape index (κ2) is 21.6. The maximum atomic E-state index is 9.74. The van der Waals surface area contributed by atoms with Gasteiger partial charge in [-0.25, -0.2) is 0 Å². The molecule has 1 heterocycles. The first-order chi connectivity index (χ1) is 34.5. The van der Waals surface area contributed by atoms with Crippen LogP contribution in [0.5, 0.6) is 0 Å². The van der Waals surface area contributed by atoms with Crippen molar-refractivity contribution < 1.29 is 16.4 Å². The third kappa shape index (κ3) is 9.47. The van der Waals surface area contributed by atoms with Gasteiger partial charge in [0, 0.05) is 0 Å². The normalized spacial score (nSPS) is 16.9. The number of aryl methyl sites for hydroxylation is 2. The average molecular weight is 1090 g/mol. The van der Waals surface area contributed by atoms with Crippen LogP contribution in [0.1, 0.15) is 221 Å². The van der Waals surface area contributed by atoms with Crippen molar-refractivity contribution in [3.05, 3.63) is 170 Å². The molecule has 0 fully saturated rings. The Balaban J connectivity index is 1.41. The summed E-state index contributed by atoms with van der Waals surface area (Å²) in [5, 5.41) is 3.02. The number of unbranched alkanes of at least 4 members (excludes halogenated alkanes) is 2. The molecule has 0 spiro atoms. The fourth-order valence-corrected chi connectivity index (χ4v) is 41.2. The van der Waals surface area contributed by atoms with Crippen LogP contribution >= 0.6 is 17.0 Å². The Hall–Kier alpha value is -3.52. The van der Waals surface area contributed by atoms with E-state index in [1.165, 1.54) is 114 Å². The molecule has 4 heteroatoms. The molecule has 2 aliphatic carbocycles. The van der Waals surface area contributed by atoms with Gasteiger partial charge in [0.25, 0.3) is 0 Å². The van der Waals surface area contributed by atoms with Crippen LogP contribution in [0.4, 0.5) is 0 Å². The van der Waals surface area contributed by atoms with Crippen LogP contribution in [-0.4, -0.2) is 9.52 Å². The van der Waals surface area contributed by atoms with Crippen molar-refractivity contribution in [2.24, 2.45) is 0 Å². The zero-order chi connectivity index (χ0) is 51.2. The van der Waals surface area contributed by atoms with Gasteiger partial charge in [-0.15, -0.1) is 0 Å². The molecule has 0 bridgehead atoms. The van der Waals surface area contributed by atoms with Crippen LogP contribution in [0, 0.1) is 0 Å². The Bertz CT molecular complexity index is 2860. The second-order valence-corrected chi connectivity index (χ2v) is 45.9. The van der Waals surface area contributed by atoms with E-state index in [2.05, 4.69) is 198 Å². The monoisotopic (exact) mass is 1090 g/mol. The van der Waals surface area contributed by atoms with E-state index in [1.807, 2.05) is 0 Å². The summed E-state index contributed by atoms with van der Waals surface area (Å²) in [6, 6.07) is 41.5. The molecule has 2 unspecified atom stereocenters. The predicted octanol–water partition coefficient (Wildman–Crippen LogP) is 18.8. The zero-order valence-corrected chi connectivity index (χ0v) is 51.4. The summed E-state index contributed by atoms with van der Waals surface area (Å²) in [5.74, 6) is 1.69. The predicted molar refractivity (Wildman–Crippen MR) is 320 cm³/mol. The van der Waals surface area contributed by atoms with Crippen molar-refractivity contribution in [3.8, 4) is 33.4 Å². The number of benzene rings is 6. The molecule has 0 saturated heterocycles. The summed E-state index contributed by atoms with van der Waals surface area (Å²) in [7, 11) is 18.6. The van der Waals surface area contributed by atoms with Gasteiger partial charge in [-0.05, 0) is 0 Å². The molecule has 0 saturated carbocycles. The van der Waals surface area contributed by atoms with Crippen LogP contribution < -0.4 is 13.6 Å². The Morgan fingerprint density at radius 2 is 0.903 bits per heavy atom. The minimum atomic E-state index is -5.81. The van der Waals surface area contributed by atoms with E-state index in [4.69, 9.17) is 0 Å². The van der Waals surface area contributed by atoms with Gasteiger partial charge in [0.15, 0.2) is 0 Å². The average Bonchev–Trinajstić information content (AvgIpc) is 4.07. The quantitative estimate of drug-likeness (QED) is 0.0708. The van der Waals surface area contributed by atoms with E-state index in [0.29, 0.717) is 23.7 Å². The van der Waals surface area contributed by atoms with E-state index in [0.717, 1.165) is 64.2 Å². The van der Waals surface area contributed by atoms with E-state index >= 15 is 0 Å². The number of hydrogen-bond donors (Lipinski definition) is 0. The standard InChI is InChI=1S/2C28H37.C12H9Si.2ClH.Zr/c2*1-7-9-11-21-14-23-13-12-22(10-8-2)28(27(23)15-21)26-17-24(19(3)4)16-25(18-26)20(5)6;1-3-7-11-9(5-1)10-6-2-4-8-12(10)13-11;;;/h2*12-20H,7-11H2,1-6H3;1-7H,13H2;2*1H;/q;;;;;+2/p-2. The van der Waals surface area contributed by atoms with E-state index in [1.54, 1.807) is 0 Å². The Morgan fingerprint density at radius 1 is 0.472 bits per heavy atom. The Kier molecular flexibility index (Phi) is 16.0. The fourth-order valence-electron chi connectivity index (χ4n) is 13.3. The van der Waals surface area contributed by atoms with E-state index < -0.39 is 25.9 Å². The molecule has 0 N–H and O–H groups in total. The molecule has 72 heavy (non-hydrogen) atoms. The molecular formula is C68H83Cl2SiZr. The number of fused-ring (bicyclic) bond motifs is 5. The van der Waals surface area contributed by atoms with Gasteiger partial charge in [0.05, 0.1) is 0 Å². The van der Waals surface area contributed by atoms with Gasteiger partial charge < -0.3 is 0 Å². The summed E-state index contributed by atoms with van der Waals surface area (Å²) in [5.41, 5.74) is 25.3. The molecule has 0 nitrogen and oxygen atoms in total. The van der Waals surface area contributed by atoms with Gasteiger partial charge >= 0.3 is 450 Å². The van der Waals surface area contributed by atoms with E-state index in [9.17, 15) is 17.0 Å². The summed E-state index contributed by atoms with van der Waals surface area (Å²) in [4.78, 5) is 0. The zero-order valence-electron chi connectivity index (χ0n) is 46.0. The molecule has 0 radical (unpaired) electrons. The summed E-state index contributed by atoms with van der Waals surface area (Å²) < 4.78 is 1.15. The molecule has 6 aromatic carbocycles. The number of rotatable bonds is 19. The van der Waals surface area contributed by atoms with Crippen LogP contribution in [0.15, 0.2) is 114 Å². The molecule has 3 aliphatic rings.